The maximum Gasteiger partial charge on any atom is 0.330 e. The molecule has 0 saturated heterocycles. The Morgan fingerprint density at radius 2 is 1.35 bits per heavy atom. The van der Waals surface area contributed by atoms with Crippen molar-refractivity contribution in [3.8, 4) is 0 Å². The molecule has 0 radical (unpaired) electrons. The Bertz CT molecular complexity index is 704. The fourth-order valence-corrected chi connectivity index (χ4v) is 3.73. The molecule has 6 nitrogen and oxygen atoms in total. The number of ether oxygens (including phenoxy) is 2. The van der Waals surface area contributed by atoms with Crippen LogP contribution in [0.25, 0.3) is 6.08 Å². The van der Waals surface area contributed by atoms with Gasteiger partial charge in [0, 0.05) is 6.08 Å². The van der Waals surface area contributed by atoms with Crippen molar-refractivity contribution in [2.75, 3.05) is 13.2 Å². The molecular formula is C25H34O6. The van der Waals surface area contributed by atoms with Gasteiger partial charge in [0.25, 0.3) is 0 Å². The van der Waals surface area contributed by atoms with E-state index >= 15 is 0 Å². The number of carboxylic acid groups (broad SMARTS) is 1. The van der Waals surface area contributed by atoms with Crippen LogP contribution in [0.5, 0.6) is 0 Å². The van der Waals surface area contributed by atoms with Crippen LogP contribution in [0.1, 0.15) is 69.8 Å². The standard InChI is InChI=1S/C25H34O6/c26-23(17-12-20-10-6-5-7-11-20)30-18-8-3-1-2-4-9-19-31-25(29)22-15-13-21(14-16-22)24(27)28/h5-7,10-12,17,21-22H,1-4,8-9,13-16,18-19H2,(H,27,28). The normalized spacial score (nSPS) is 18.6. The minimum absolute atomic E-state index is 0.138. The number of benzene rings is 1. The summed E-state index contributed by atoms with van der Waals surface area (Å²) in [5, 5.41) is 9.00. The van der Waals surface area contributed by atoms with Gasteiger partial charge in [-0.15, -0.1) is 0 Å². The molecule has 0 spiro atoms. The Morgan fingerprint density at radius 3 is 1.97 bits per heavy atom. The monoisotopic (exact) mass is 430 g/mol. The lowest BCUT2D eigenvalue weighted by atomic mass is 9.82. The molecule has 1 aliphatic rings. The molecule has 0 bridgehead atoms. The SMILES string of the molecule is O=C(C=Cc1ccccc1)OCCCCCCCCOC(=O)C1CCC(C(=O)O)CC1. The first kappa shape index (κ1) is 24.6. The lowest BCUT2D eigenvalue weighted by Crippen LogP contribution is -2.27. The second-order valence-corrected chi connectivity index (χ2v) is 8.09. The fraction of sp³-hybridized carbons (Fsp3) is 0.560. The van der Waals surface area contributed by atoms with Crippen LogP contribution in [0.3, 0.4) is 0 Å². The van der Waals surface area contributed by atoms with Crippen LogP contribution >= 0.6 is 0 Å². The molecule has 1 saturated carbocycles. The Labute approximate surface area is 184 Å². The largest absolute Gasteiger partial charge is 0.481 e. The van der Waals surface area contributed by atoms with E-state index in [-0.39, 0.29) is 23.8 Å². The number of esters is 2. The lowest BCUT2D eigenvalue weighted by molar-refractivity contribution is -0.152. The lowest BCUT2D eigenvalue weighted by Gasteiger charge is -2.24. The molecule has 0 heterocycles. The molecule has 1 aromatic carbocycles. The summed E-state index contributed by atoms with van der Waals surface area (Å²) in [6.07, 6.45) is 11.4. The first-order chi connectivity index (χ1) is 15.1. The predicted octanol–water partition coefficient (Wildman–Crippen LogP) is 5.02. The number of hydrogen-bond donors (Lipinski definition) is 1. The number of carbonyl (C=O) groups is 3. The van der Waals surface area contributed by atoms with E-state index in [0.29, 0.717) is 38.9 Å². The zero-order valence-electron chi connectivity index (χ0n) is 18.2. The van der Waals surface area contributed by atoms with Crippen molar-refractivity contribution in [2.24, 2.45) is 11.8 Å². The van der Waals surface area contributed by atoms with Gasteiger partial charge in [-0.2, -0.15) is 0 Å². The highest BCUT2D eigenvalue weighted by atomic mass is 16.5. The van der Waals surface area contributed by atoms with E-state index in [2.05, 4.69) is 0 Å². The van der Waals surface area contributed by atoms with Gasteiger partial charge in [-0.3, -0.25) is 9.59 Å². The van der Waals surface area contributed by atoms with Crippen molar-refractivity contribution >= 4 is 24.0 Å². The van der Waals surface area contributed by atoms with Crippen LogP contribution in [-0.2, 0) is 23.9 Å². The summed E-state index contributed by atoms with van der Waals surface area (Å²) in [6, 6.07) is 9.63. The number of carboxylic acids is 1. The van der Waals surface area contributed by atoms with E-state index in [9.17, 15) is 14.4 Å². The molecule has 0 atom stereocenters. The molecule has 31 heavy (non-hydrogen) atoms. The Hall–Kier alpha value is -2.63. The van der Waals surface area contributed by atoms with Crippen LogP contribution in [0.15, 0.2) is 36.4 Å². The fourth-order valence-electron chi connectivity index (χ4n) is 3.73. The number of rotatable bonds is 13. The minimum Gasteiger partial charge on any atom is -0.481 e. The van der Waals surface area contributed by atoms with Crippen molar-refractivity contribution in [3.05, 3.63) is 42.0 Å². The van der Waals surface area contributed by atoms with Crippen molar-refractivity contribution < 1.29 is 29.0 Å². The van der Waals surface area contributed by atoms with Gasteiger partial charge in [-0.25, -0.2) is 4.79 Å². The van der Waals surface area contributed by atoms with Gasteiger partial charge in [0.1, 0.15) is 0 Å². The predicted molar refractivity (Wildman–Crippen MR) is 118 cm³/mol. The van der Waals surface area contributed by atoms with Crippen LogP contribution in [-0.4, -0.2) is 36.2 Å². The molecule has 1 N–H and O–H groups in total. The highest BCUT2D eigenvalue weighted by Gasteiger charge is 2.30. The smallest absolute Gasteiger partial charge is 0.330 e. The Morgan fingerprint density at radius 1 is 0.806 bits per heavy atom. The molecule has 6 heteroatoms. The molecule has 0 aliphatic heterocycles. The average molecular weight is 431 g/mol. The van der Waals surface area contributed by atoms with E-state index in [1.807, 2.05) is 30.3 Å². The van der Waals surface area contributed by atoms with Gasteiger partial charge in [-0.05, 0) is 50.2 Å². The first-order valence-electron chi connectivity index (χ1n) is 11.4. The molecular weight excluding hydrogens is 396 g/mol. The summed E-state index contributed by atoms with van der Waals surface area (Å²) in [7, 11) is 0. The van der Waals surface area contributed by atoms with E-state index in [1.165, 1.54) is 6.08 Å². The van der Waals surface area contributed by atoms with E-state index in [0.717, 1.165) is 44.1 Å². The van der Waals surface area contributed by atoms with Crippen LogP contribution in [0, 0.1) is 11.8 Å². The first-order valence-corrected chi connectivity index (χ1v) is 11.4. The molecule has 2 rings (SSSR count). The third-order valence-corrected chi connectivity index (χ3v) is 5.65. The highest BCUT2D eigenvalue weighted by molar-refractivity contribution is 5.87. The Kier molecular flexibility index (Phi) is 11.4. The van der Waals surface area contributed by atoms with E-state index in [4.69, 9.17) is 14.6 Å². The van der Waals surface area contributed by atoms with Crippen molar-refractivity contribution in [2.45, 2.75) is 64.2 Å². The van der Waals surface area contributed by atoms with Crippen molar-refractivity contribution in [1.29, 1.82) is 0 Å². The average Bonchev–Trinajstić information content (AvgIpc) is 2.79. The molecule has 0 unspecified atom stereocenters. The molecule has 170 valence electrons. The number of unbranched alkanes of at least 4 members (excludes halogenated alkanes) is 5. The topological polar surface area (TPSA) is 89.9 Å². The molecule has 1 aliphatic carbocycles. The van der Waals surface area contributed by atoms with Crippen molar-refractivity contribution in [3.63, 3.8) is 0 Å². The zero-order valence-corrected chi connectivity index (χ0v) is 18.2. The molecule has 1 fully saturated rings. The second-order valence-electron chi connectivity index (χ2n) is 8.09. The minimum atomic E-state index is -0.759. The van der Waals surface area contributed by atoms with Crippen LogP contribution in [0.4, 0.5) is 0 Å². The third kappa shape index (κ3) is 10.3. The maximum absolute atomic E-state index is 12.0. The number of carbonyl (C=O) groups excluding carboxylic acids is 2. The summed E-state index contributed by atoms with van der Waals surface area (Å²) in [6.45, 7) is 0.864. The zero-order chi connectivity index (χ0) is 22.3. The summed E-state index contributed by atoms with van der Waals surface area (Å²) >= 11 is 0. The van der Waals surface area contributed by atoms with Gasteiger partial charge in [0.2, 0.25) is 0 Å². The second kappa shape index (κ2) is 14.4. The highest BCUT2D eigenvalue weighted by Crippen LogP contribution is 2.29. The van der Waals surface area contributed by atoms with Gasteiger partial charge in [0.05, 0.1) is 25.0 Å². The van der Waals surface area contributed by atoms with Gasteiger partial charge in [0.15, 0.2) is 0 Å². The molecule has 0 aromatic heterocycles. The Balaban J connectivity index is 1.39. The van der Waals surface area contributed by atoms with Crippen molar-refractivity contribution in [1.82, 2.24) is 0 Å². The molecule has 1 aromatic rings. The maximum atomic E-state index is 12.0. The summed E-state index contributed by atoms with van der Waals surface area (Å²) in [5.41, 5.74) is 0.968. The molecule has 0 amide bonds. The van der Waals surface area contributed by atoms with Crippen LogP contribution < -0.4 is 0 Å². The number of hydrogen-bond acceptors (Lipinski definition) is 5. The van der Waals surface area contributed by atoms with Gasteiger partial charge < -0.3 is 14.6 Å². The number of aliphatic carboxylic acids is 1. The van der Waals surface area contributed by atoms with E-state index < -0.39 is 5.97 Å². The summed E-state index contributed by atoms with van der Waals surface area (Å²) in [4.78, 5) is 34.7. The van der Waals surface area contributed by atoms with Gasteiger partial charge >= 0.3 is 17.9 Å². The van der Waals surface area contributed by atoms with Crippen LogP contribution in [0.2, 0.25) is 0 Å². The van der Waals surface area contributed by atoms with E-state index in [1.54, 1.807) is 6.08 Å². The van der Waals surface area contributed by atoms with Gasteiger partial charge in [-0.1, -0.05) is 56.0 Å². The quantitative estimate of drug-likeness (QED) is 0.269. The summed E-state index contributed by atoms with van der Waals surface area (Å²) in [5.74, 6) is -1.70. The third-order valence-electron chi connectivity index (χ3n) is 5.65. The summed E-state index contributed by atoms with van der Waals surface area (Å²) < 4.78 is 10.6.